The third kappa shape index (κ3) is 3.14. The second-order valence-electron chi connectivity index (χ2n) is 4.21. The predicted octanol–water partition coefficient (Wildman–Crippen LogP) is 4.02. The van der Waals surface area contributed by atoms with Crippen molar-refractivity contribution in [2.45, 2.75) is 30.8 Å². The Bertz CT molecular complexity index is 620. The normalized spacial score (nSPS) is 10.5. The van der Waals surface area contributed by atoms with E-state index in [0.717, 1.165) is 28.1 Å². The van der Waals surface area contributed by atoms with Gasteiger partial charge in [0.05, 0.1) is 5.02 Å². The number of nitrogens with zero attached hydrogens (tertiary/aromatic N) is 2. The van der Waals surface area contributed by atoms with E-state index in [1.807, 2.05) is 26.8 Å². The molecule has 0 aliphatic heterocycles. The van der Waals surface area contributed by atoms with Crippen molar-refractivity contribution in [1.29, 1.82) is 0 Å². The minimum atomic E-state index is 0.445. The van der Waals surface area contributed by atoms with Crippen molar-refractivity contribution in [2.75, 3.05) is 0 Å². The van der Waals surface area contributed by atoms with Gasteiger partial charge in [0, 0.05) is 21.8 Å². The lowest BCUT2D eigenvalue weighted by Gasteiger charge is -2.07. The van der Waals surface area contributed by atoms with Crippen LogP contribution in [0.25, 0.3) is 0 Å². The van der Waals surface area contributed by atoms with Gasteiger partial charge in [-0.05, 0) is 56.3 Å². The third-order valence-corrected chi connectivity index (χ3v) is 4.10. The first kappa shape index (κ1) is 14.0. The topological polar surface area (TPSA) is 42.9 Å². The van der Waals surface area contributed by atoms with Crippen molar-refractivity contribution in [3.63, 3.8) is 0 Å². The van der Waals surface area contributed by atoms with Gasteiger partial charge in [-0.15, -0.1) is 0 Å². The SMILES string of the molecule is Cc1nc(Sc2ccc(C=O)c(Cl)c2)nc(C)c1C. The van der Waals surface area contributed by atoms with Gasteiger partial charge in [-0.2, -0.15) is 0 Å². The highest BCUT2D eigenvalue weighted by atomic mass is 35.5. The number of aldehydes is 1. The van der Waals surface area contributed by atoms with Crippen molar-refractivity contribution in [2.24, 2.45) is 0 Å². The zero-order valence-electron chi connectivity index (χ0n) is 10.9. The monoisotopic (exact) mass is 292 g/mol. The van der Waals surface area contributed by atoms with Crippen LogP contribution in [0.2, 0.25) is 5.02 Å². The molecule has 2 rings (SSSR count). The lowest BCUT2D eigenvalue weighted by molar-refractivity contribution is 0.112. The molecule has 5 heteroatoms. The van der Waals surface area contributed by atoms with Crippen LogP contribution in [0.4, 0.5) is 0 Å². The van der Waals surface area contributed by atoms with E-state index < -0.39 is 0 Å². The smallest absolute Gasteiger partial charge is 0.192 e. The van der Waals surface area contributed by atoms with Gasteiger partial charge in [0.15, 0.2) is 11.4 Å². The highest BCUT2D eigenvalue weighted by molar-refractivity contribution is 7.99. The summed E-state index contributed by atoms with van der Waals surface area (Å²) in [6.45, 7) is 5.95. The molecule has 0 bridgehead atoms. The standard InChI is InChI=1S/C14H13ClN2OS/c1-8-9(2)16-14(17-10(8)3)19-12-5-4-11(7-18)13(15)6-12/h4-7H,1-3H3. The summed E-state index contributed by atoms with van der Waals surface area (Å²) in [6, 6.07) is 5.30. The molecule has 98 valence electrons. The average Bonchev–Trinajstić information content (AvgIpc) is 2.36. The summed E-state index contributed by atoms with van der Waals surface area (Å²) >= 11 is 7.43. The number of rotatable bonds is 3. The predicted molar refractivity (Wildman–Crippen MR) is 77.2 cm³/mol. The van der Waals surface area contributed by atoms with Gasteiger partial charge >= 0.3 is 0 Å². The van der Waals surface area contributed by atoms with Crippen LogP contribution in [0.15, 0.2) is 28.3 Å². The first-order chi connectivity index (χ1) is 9.01. The summed E-state index contributed by atoms with van der Waals surface area (Å²) in [5.74, 6) is 0. The van der Waals surface area contributed by atoms with E-state index >= 15 is 0 Å². The number of aryl methyl sites for hydroxylation is 2. The number of benzene rings is 1. The fourth-order valence-corrected chi connectivity index (χ4v) is 2.74. The number of hydrogen-bond acceptors (Lipinski definition) is 4. The second kappa shape index (κ2) is 5.72. The molecule has 0 spiro atoms. The quantitative estimate of drug-likeness (QED) is 0.633. The summed E-state index contributed by atoms with van der Waals surface area (Å²) in [6.07, 6.45) is 0.744. The molecule has 0 aliphatic carbocycles. The Morgan fingerprint density at radius 2 is 1.79 bits per heavy atom. The summed E-state index contributed by atoms with van der Waals surface area (Å²) in [4.78, 5) is 20.5. The van der Waals surface area contributed by atoms with Gasteiger partial charge in [0.2, 0.25) is 0 Å². The molecule has 19 heavy (non-hydrogen) atoms. The number of carbonyl (C=O) groups is 1. The molecular formula is C14H13ClN2OS. The van der Waals surface area contributed by atoms with Crippen LogP contribution >= 0.6 is 23.4 Å². The fourth-order valence-electron chi connectivity index (χ4n) is 1.56. The summed E-state index contributed by atoms with van der Waals surface area (Å²) in [5.41, 5.74) is 3.55. The van der Waals surface area contributed by atoms with Crippen LogP contribution < -0.4 is 0 Å². The molecule has 1 aromatic heterocycles. The van der Waals surface area contributed by atoms with Gasteiger partial charge in [0.25, 0.3) is 0 Å². The molecule has 0 radical (unpaired) electrons. The maximum atomic E-state index is 10.7. The Balaban J connectivity index is 2.31. The lowest BCUT2D eigenvalue weighted by Crippen LogP contribution is -1.97. The molecule has 0 saturated carbocycles. The highest BCUT2D eigenvalue weighted by Crippen LogP contribution is 2.29. The molecule has 0 saturated heterocycles. The molecule has 3 nitrogen and oxygen atoms in total. The van der Waals surface area contributed by atoms with E-state index in [4.69, 9.17) is 11.6 Å². The first-order valence-electron chi connectivity index (χ1n) is 5.75. The van der Waals surface area contributed by atoms with Crippen molar-refractivity contribution in [1.82, 2.24) is 9.97 Å². The minimum absolute atomic E-state index is 0.445. The van der Waals surface area contributed by atoms with Gasteiger partial charge < -0.3 is 0 Å². The number of aromatic nitrogens is 2. The van der Waals surface area contributed by atoms with Crippen molar-refractivity contribution < 1.29 is 4.79 Å². The Kier molecular flexibility index (Phi) is 4.22. The molecule has 1 heterocycles. The molecule has 1 aromatic carbocycles. The summed E-state index contributed by atoms with van der Waals surface area (Å²) in [5, 5.41) is 1.14. The van der Waals surface area contributed by atoms with E-state index in [9.17, 15) is 4.79 Å². The third-order valence-electron chi connectivity index (χ3n) is 2.92. The molecule has 0 atom stereocenters. The molecule has 0 unspecified atom stereocenters. The number of carbonyl (C=O) groups excluding carboxylic acids is 1. The zero-order valence-corrected chi connectivity index (χ0v) is 12.5. The van der Waals surface area contributed by atoms with Gasteiger partial charge in [0.1, 0.15) is 0 Å². The van der Waals surface area contributed by atoms with Crippen molar-refractivity contribution in [3.8, 4) is 0 Å². The van der Waals surface area contributed by atoms with E-state index in [1.165, 1.54) is 11.8 Å². The van der Waals surface area contributed by atoms with Crippen LogP contribution in [0.5, 0.6) is 0 Å². The number of halogens is 1. The molecule has 0 aliphatic rings. The lowest BCUT2D eigenvalue weighted by atomic mass is 10.2. The van der Waals surface area contributed by atoms with E-state index in [-0.39, 0.29) is 0 Å². The van der Waals surface area contributed by atoms with Gasteiger partial charge in [-0.25, -0.2) is 9.97 Å². The summed E-state index contributed by atoms with van der Waals surface area (Å²) < 4.78 is 0. The largest absolute Gasteiger partial charge is 0.298 e. The van der Waals surface area contributed by atoms with E-state index in [0.29, 0.717) is 15.7 Å². The van der Waals surface area contributed by atoms with Crippen LogP contribution in [0.1, 0.15) is 27.3 Å². The molecular weight excluding hydrogens is 280 g/mol. The minimum Gasteiger partial charge on any atom is -0.298 e. The Labute approximate surface area is 121 Å². The Hall–Kier alpha value is -1.39. The molecule has 0 N–H and O–H groups in total. The molecule has 0 fully saturated rings. The van der Waals surface area contributed by atoms with E-state index in [1.54, 1.807) is 12.1 Å². The van der Waals surface area contributed by atoms with Crippen LogP contribution in [0, 0.1) is 20.8 Å². The maximum absolute atomic E-state index is 10.7. The number of hydrogen-bond donors (Lipinski definition) is 0. The van der Waals surface area contributed by atoms with Crippen LogP contribution in [0.3, 0.4) is 0 Å². The first-order valence-corrected chi connectivity index (χ1v) is 6.95. The summed E-state index contributed by atoms with van der Waals surface area (Å²) in [7, 11) is 0. The Morgan fingerprint density at radius 3 is 2.32 bits per heavy atom. The Morgan fingerprint density at radius 1 is 1.16 bits per heavy atom. The average molecular weight is 293 g/mol. The maximum Gasteiger partial charge on any atom is 0.192 e. The van der Waals surface area contributed by atoms with Crippen molar-refractivity contribution in [3.05, 3.63) is 45.7 Å². The molecule has 0 amide bonds. The zero-order chi connectivity index (χ0) is 14.0. The van der Waals surface area contributed by atoms with Crippen molar-refractivity contribution >= 4 is 29.6 Å². The van der Waals surface area contributed by atoms with Crippen LogP contribution in [-0.4, -0.2) is 16.3 Å². The fraction of sp³-hybridized carbons (Fsp3) is 0.214. The van der Waals surface area contributed by atoms with Crippen LogP contribution in [-0.2, 0) is 0 Å². The van der Waals surface area contributed by atoms with Gasteiger partial charge in [-0.1, -0.05) is 11.6 Å². The van der Waals surface area contributed by atoms with Gasteiger partial charge in [-0.3, -0.25) is 4.79 Å². The highest BCUT2D eigenvalue weighted by Gasteiger charge is 2.08. The molecule has 2 aromatic rings. The second-order valence-corrected chi connectivity index (χ2v) is 5.65. The van der Waals surface area contributed by atoms with E-state index in [2.05, 4.69) is 9.97 Å².